The van der Waals surface area contributed by atoms with Crippen molar-refractivity contribution >= 4 is 74.6 Å². The van der Waals surface area contributed by atoms with E-state index >= 15 is 0 Å². The van der Waals surface area contributed by atoms with Gasteiger partial charge in [-0.3, -0.25) is 0 Å². The number of rotatable bonds is 12. The summed E-state index contributed by atoms with van der Waals surface area (Å²) in [6.07, 6.45) is 12.1. The molecule has 0 aromatic rings. The second-order valence-corrected chi connectivity index (χ2v) is 13.3. The molecule has 0 spiro atoms. The molecule has 1 heterocycles. The van der Waals surface area contributed by atoms with Crippen LogP contribution in [-0.2, 0) is 10.9 Å². The summed E-state index contributed by atoms with van der Waals surface area (Å²) in [5, 5.41) is 0. The summed E-state index contributed by atoms with van der Waals surface area (Å²) < 4.78 is 1.12. The Morgan fingerprint density at radius 2 is 1.48 bits per heavy atom. The van der Waals surface area contributed by atoms with Gasteiger partial charge in [-0.2, -0.15) is 24.4 Å². The maximum atomic E-state index is 4.84. The minimum atomic E-state index is 0.627. The summed E-state index contributed by atoms with van der Waals surface area (Å²) in [6, 6.07) is 0. The van der Waals surface area contributed by atoms with Crippen LogP contribution in [0.1, 0.15) is 65.7 Å². The van der Waals surface area contributed by atoms with Crippen LogP contribution in [0, 0.1) is 0 Å². The lowest BCUT2D eigenvalue weighted by Gasteiger charge is -2.01. The van der Waals surface area contributed by atoms with Crippen LogP contribution in [0.4, 0.5) is 0 Å². The first-order valence-corrected chi connectivity index (χ1v) is 15.8. The lowest BCUT2D eigenvalue weighted by Crippen LogP contribution is -2.12. The van der Waals surface area contributed by atoms with Gasteiger partial charge in [0.25, 0.3) is 0 Å². The Morgan fingerprint density at radius 1 is 0.920 bits per heavy atom. The van der Waals surface area contributed by atoms with Crippen LogP contribution >= 0.6 is 60.1 Å². The van der Waals surface area contributed by atoms with Crippen molar-refractivity contribution < 1.29 is 0 Å². The van der Waals surface area contributed by atoms with E-state index < -0.39 is 0 Å². The summed E-state index contributed by atoms with van der Waals surface area (Å²) in [7, 11) is 0.627. The van der Waals surface area contributed by atoms with E-state index in [1.807, 2.05) is 0 Å². The van der Waals surface area contributed by atoms with Crippen molar-refractivity contribution in [2.45, 2.75) is 65.7 Å². The first-order valence-electron chi connectivity index (χ1n) is 9.69. The van der Waals surface area contributed by atoms with Crippen LogP contribution in [0.15, 0.2) is 0 Å². The van der Waals surface area contributed by atoms with Crippen molar-refractivity contribution in [3.05, 3.63) is 0 Å². The zero-order valence-electron chi connectivity index (χ0n) is 16.9. The molecule has 1 saturated heterocycles. The molecular weight excluding hydrogens is 421 g/mol. The second-order valence-electron chi connectivity index (χ2n) is 5.89. The van der Waals surface area contributed by atoms with Crippen molar-refractivity contribution in [1.82, 2.24) is 0 Å². The van der Waals surface area contributed by atoms with E-state index in [-0.39, 0.29) is 0 Å². The van der Waals surface area contributed by atoms with Gasteiger partial charge in [0.15, 0.2) is 0 Å². The standard InChI is InChI=1S/C9H20S3.C7H16.C3H4S3/c1-3-4-6-11-7-9-12(2)8-5-10;1-3-5-7-6-4-2;4-3-5-1-2-6-3/h3-9H2,1-2H3;3-7H2,1-2H3;1-2H2/p+1. The van der Waals surface area contributed by atoms with Crippen LogP contribution in [-0.4, -0.2) is 50.1 Å². The Morgan fingerprint density at radius 3 is 1.88 bits per heavy atom. The number of thiol groups is 1. The first-order chi connectivity index (χ1) is 12.1. The van der Waals surface area contributed by atoms with Gasteiger partial charge in [-0.05, 0) is 23.1 Å². The average Bonchev–Trinajstić information content (AvgIpc) is 3.08. The lowest BCUT2D eigenvalue weighted by atomic mass is 10.2. The third kappa shape index (κ3) is 28.2. The van der Waals surface area contributed by atoms with Gasteiger partial charge in [0, 0.05) is 23.0 Å². The Bertz CT molecular complexity index is 248. The highest BCUT2D eigenvalue weighted by Crippen LogP contribution is 2.25. The van der Waals surface area contributed by atoms with Crippen LogP contribution in [0.25, 0.3) is 0 Å². The Labute approximate surface area is 185 Å². The Balaban J connectivity index is 0. The quantitative estimate of drug-likeness (QED) is 0.139. The normalized spacial score (nSPS) is 14.4. The zero-order chi connectivity index (χ0) is 19.2. The minimum absolute atomic E-state index is 0.627. The molecule has 1 rings (SSSR count). The second kappa shape index (κ2) is 25.8. The van der Waals surface area contributed by atoms with Crippen LogP contribution < -0.4 is 0 Å². The highest BCUT2D eigenvalue weighted by Gasteiger charge is 2.08. The summed E-state index contributed by atoms with van der Waals surface area (Å²) in [5.41, 5.74) is 0. The molecule has 152 valence electrons. The van der Waals surface area contributed by atoms with Gasteiger partial charge in [-0.15, -0.1) is 23.5 Å². The third-order valence-corrected chi connectivity index (χ3v) is 10.0. The first kappa shape index (κ1) is 29.0. The third-order valence-electron chi connectivity index (χ3n) is 3.39. The fraction of sp³-hybridized carbons (Fsp3) is 0.947. The highest BCUT2D eigenvalue weighted by molar-refractivity contribution is 8.49. The molecule has 0 aromatic carbocycles. The van der Waals surface area contributed by atoms with Gasteiger partial charge in [-0.1, -0.05) is 71.5 Å². The molecule has 0 nitrogen and oxygen atoms in total. The fourth-order valence-corrected chi connectivity index (χ4v) is 7.87. The van der Waals surface area contributed by atoms with Crippen LogP contribution in [0.5, 0.6) is 0 Å². The van der Waals surface area contributed by atoms with E-state index in [4.69, 9.17) is 12.2 Å². The molecule has 0 saturated carbocycles. The maximum Gasteiger partial charge on any atom is 0.116 e. The van der Waals surface area contributed by atoms with Gasteiger partial charge in [0.1, 0.15) is 15.0 Å². The highest BCUT2D eigenvalue weighted by atomic mass is 32.2. The smallest absolute Gasteiger partial charge is 0.116 e. The van der Waals surface area contributed by atoms with E-state index in [2.05, 4.69) is 51.4 Å². The van der Waals surface area contributed by atoms with Crippen LogP contribution in [0.3, 0.4) is 0 Å². The van der Waals surface area contributed by atoms with Gasteiger partial charge < -0.3 is 0 Å². The van der Waals surface area contributed by atoms with Gasteiger partial charge in [-0.25, -0.2) is 0 Å². The van der Waals surface area contributed by atoms with Crippen LogP contribution in [0.2, 0.25) is 0 Å². The monoisotopic (exact) mass is 461 g/mol. The molecule has 6 heteroatoms. The largest absolute Gasteiger partial charge is 0.174 e. The molecule has 1 aliphatic heterocycles. The van der Waals surface area contributed by atoms with E-state index in [1.165, 1.54) is 79.5 Å². The number of thiocarbonyl (C=S) groups is 1. The SMILES string of the molecule is CCCCCCC.CCCCSCC[S+](C)CCS.S=C1SCCS1. The fourth-order valence-electron chi connectivity index (χ4n) is 1.78. The van der Waals surface area contributed by atoms with Gasteiger partial charge in [0.05, 0.1) is 6.26 Å². The van der Waals surface area contributed by atoms with Crippen molar-refractivity contribution in [2.24, 2.45) is 0 Å². The molecule has 25 heavy (non-hydrogen) atoms. The topological polar surface area (TPSA) is 0 Å². The summed E-state index contributed by atoms with van der Waals surface area (Å²) >= 11 is 14.8. The molecule has 1 fully saturated rings. The lowest BCUT2D eigenvalue weighted by molar-refractivity contribution is 0.656. The minimum Gasteiger partial charge on any atom is -0.174 e. The molecule has 0 N–H and O–H groups in total. The van der Waals surface area contributed by atoms with Crippen molar-refractivity contribution in [1.29, 1.82) is 0 Å². The van der Waals surface area contributed by atoms with Gasteiger partial charge >= 0.3 is 0 Å². The average molecular weight is 462 g/mol. The van der Waals surface area contributed by atoms with E-state index in [9.17, 15) is 0 Å². The summed E-state index contributed by atoms with van der Waals surface area (Å²) in [4.78, 5) is 0. The molecule has 1 unspecified atom stereocenters. The number of unbranched alkanes of at least 4 members (excludes halogenated alkanes) is 5. The van der Waals surface area contributed by atoms with Crippen molar-refractivity contribution in [3.63, 3.8) is 0 Å². The predicted octanol–water partition coefficient (Wildman–Crippen LogP) is 7.43. The molecule has 0 aliphatic carbocycles. The van der Waals surface area contributed by atoms with E-state index in [1.54, 1.807) is 23.5 Å². The maximum absolute atomic E-state index is 4.84. The van der Waals surface area contributed by atoms with E-state index in [0.717, 1.165) is 9.28 Å². The van der Waals surface area contributed by atoms with E-state index in [0.29, 0.717) is 10.9 Å². The molecule has 1 atom stereocenters. The van der Waals surface area contributed by atoms with Crippen molar-refractivity contribution in [2.75, 3.05) is 46.5 Å². The molecule has 0 amide bonds. The Kier molecular flexibility index (Phi) is 30.0. The molecular formula is C19H41S6+. The Hall–Kier alpha value is 1.84. The van der Waals surface area contributed by atoms with Crippen molar-refractivity contribution in [3.8, 4) is 0 Å². The predicted molar refractivity (Wildman–Crippen MR) is 141 cm³/mol. The molecule has 0 bridgehead atoms. The summed E-state index contributed by atoms with van der Waals surface area (Å²) in [5.74, 6) is 8.92. The number of hydrogen-bond acceptors (Lipinski definition) is 5. The summed E-state index contributed by atoms with van der Waals surface area (Å²) in [6.45, 7) is 6.75. The number of hydrogen-bond donors (Lipinski definition) is 1. The van der Waals surface area contributed by atoms with Gasteiger partial charge in [0.2, 0.25) is 0 Å². The number of thioether (sulfide) groups is 3. The molecule has 0 aromatic heterocycles. The zero-order valence-corrected chi connectivity index (χ0v) is 21.9. The molecule has 0 radical (unpaired) electrons. The molecule has 1 aliphatic rings.